The van der Waals surface area contributed by atoms with Gasteiger partial charge in [0.25, 0.3) is 5.97 Å². The normalized spacial score (nSPS) is 12.0. The highest BCUT2D eigenvalue weighted by molar-refractivity contribution is 7.80. The van der Waals surface area contributed by atoms with Crippen LogP contribution in [0.2, 0.25) is 0 Å². The van der Waals surface area contributed by atoms with Crippen LogP contribution in [-0.4, -0.2) is 27.0 Å². The zero-order chi connectivity index (χ0) is 5.21. The van der Waals surface area contributed by atoms with E-state index in [0.29, 0.717) is 0 Å². The molecule has 0 aromatic carbocycles. The molecule has 0 amide bonds. The summed E-state index contributed by atoms with van der Waals surface area (Å²) < 4.78 is 0. The quantitative estimate of drug-likeness (QED) is 0.246. The van der Waals surface area contributed by atoms with Gasteiger partial charge in [0.15, 0.2) is 0 Å². The zero-order valence-corrected chi connectivity index (χ0v) is 3.89. The van der Waals surface area contributed by atoms with Crippen LogP contribution < -0.4 is 0 Å². The highest BCUT2D eigenvalue weighted by atomic mass is 32.1. The van der Waals surface area contributed by atoms with Crippen LogP contribution in [0.3, 0.4) is 0 Å². The second-order valence-corrected chi connectivity index (χ2v) is 1.25. The molecule has 4 heteroatoms. The van der Waals surface area contributed by atoms with Crippen molar-refractivity contribution in [2.24, 2.45) is 0 Å². The van der Waals surface area contributed by atoms with E-state index < -0.39 is 5.97 Å². The smallest absolute Gasteiger partial charge is 0.284 e. The molecule has 6 heavy (non-hydrogen) atoms. The first kappa shape index (κ1) is 6.23. The summed E-state index contributed by atoms with van der Waals surface area (Å²) in [6.45, 7) is 0. The fourth-order valence-corrected chi connectivity index (χ4v) is 0. The van der Waals surface area contributed by atoms with Gasteiger partial charge in [0.2, 0.25) is 0 Å². The van der Waals surface area contributed by atoms with Crippen LogP contribution >= 0.6 is 12.6 Å². The molecule has 0 bridgehead atoms. The van der Waals surface area contributed by atoms with Gasteiger partial charge in [-0.2, -0.15) is 12.6 Å². The first-order chi connectivity index (χ1) is 2.56. The number of rotatable bonds is 1. The summed E-state index contributed by atoms with van der Waals surface area (Å²) >= 11 is 3.35. The minimum Gasteiger partial charge on any atom is -0.343 e. The second kappa shape index (κ2) is 1.79. The maximum Gasteiger partial charge on any atom is 0.284 e. The highest BCUT2D eigenvalue weighted by Crippen LogP contribution is 1.91. The minimum absolute atomic E-state index is 0.368. The van der Waals surface area contributed by atoms with Crippen molar-refractivity contribution in [2.45, 2.75) is 5.97 Å². The molecule has 0 atom stereocenters. The van der Waals surface area contributed by atoms with Crippen molar-refractivity contribution >= 4 is 12.6 Å². The molecule has 0 aromatic heterocycles. The first-order valence-corrected chi connectivity index (χ1v) is 1.97. The van der Waals surface area contributed by atoms with E-state index in [0.717, 1.165) is 0 Å². The van der Waals surface area contributed by atoms with Crippen LogP contribution in [0.4, 0.5) is 0 Å². The fraction of sp³-hybridized carbons (Fsp3) is 1.00. The summed E-state index contributed by atoms with van der Waals surface area (Å²) in [7, 11) is 0. The molecule has 0 rings (SSSR count). The zero-order valence-electron chi connectivity index (χ0n) is 3.00. The molecule has 0 spiro atoms. The first-order valence-electron chi connectivity index (χ1n) is 1.34. The Kier molecular flexibility index (Phi) is 1.86. The standard InChI is InChI=1S/C2H6O3S/c3-2(4,5)1-6/h3-6H,1H2. The van der Waals surface area contributed by atoms with Gasteiger partial charge < -0.3 is 15.3 Å². The largest absolute Gasteiger partial charge is 0.343 e. The van der Waals surface area contributed by atoms with Gasteiger partial charge in [0.05, 0.1) is 5.75 Å². The van der Waals surface area contributed by atoms with Crippen LogP contribution in [0.1, 0.15) is 0 Å². The molecular formula is C2H6O3S. The third kappa shape index (κ3) is 4.23. The van der Waals surface area contributed by atoms with E-state index >= 15 is 0 Å². The maximum absolute atomic E-state index is 7.86. The summed E-state index contributed by atoms with van der Waals surface area (Å²) in [6, 6.07) is 0. The Morgan fingerprint density at radius 3 is 1.50 bits per heavy atom. The molecule has 0 aliphatic heterocycles. The van der Waals surface area contributed by atoms with Crippen LogP contribution in [0, 0.1) is 0 Å². The third-order valence-corrected chi connectivity index (χ3v) is 0.636. The Morgan fingerprint density at radius 1 is 1.33 bits per heavy atom. The van der Waals surface area contributed by atoms with Crippen molar-refractivity contribution in [1.29, 1.82) is 0 Å². The molecule has 0 aromatic rings. The minimum atomic E-state index is -2.59. The summed E-state index contributed by atoms with van der Waals surface area (Å²) in [5.41, 5.74) is 0. The van der Waals surface area contributed by atoms with E-state index in [1.807, 2.05) is 0 Å². The predicted octanol–water partition coefficient (Wildman–Crippen LogP) is -1.45. The van der Waals surface area contributed by atoms with Gasteiger partial charge in [-0.3, -0.25) is 0 Å². The lowest BCUT2D eigenvalue weighted by Gasteiger charge is -2.07. The molecule has 0 aliphatic carbocycles. The highest BCUT2D eigenvalue weighted by Gasteiger charge is 2.12. The number of thiol groups is 1. The summed E-state index contributed by atoms with van der Waals surface area (Å²) in [4.78, 5) is 0. The van der Waals surface area contributed by atoms with E-state index in [1.165, 1.54) is 0 Å². The van der Waals surface area contributed by atoms with E-state index in [1.54, 1.807) is 0 Å². The van der Waals surface area contributed by atoms with Crippen LogP contribution in [0.5, 0.6) is 0 Å². The van der Waals surface area contributed by atoms with E-state index in [-0.39, 0.29) is 5.75 Å². The molecule has 0 heterocycles. The van der Waals surface area contributed by atoms with Crippen molar-refractivity contribution in [1.82, 2.24) is 0 Å². The van der Waals surface area contributed by atoms with Crippen LogP contribution in [-0.2, 0) is 0 Å². The molecular weight excluding hydrogens is 104 g/mol. The van der Waals surface area contributed by atoms with Crippen LogP contribution in [0.15, 0.2) is 0 Å². The second-order valence-electron chi connectivity index (χ2n) is 0.932. The van der Waals surface area contributed by atoms with E-state index in [2.05, 4.69) is 12.6 Å². The fourth-order valence-electron chi connectivity index (χ4n) is 0. The Labute approximate surface area is 40.6 Å². The maximum atomic E-state index is 7.86. The van der Waals surface area contributed by atoms with E-state index in [4.69, 9.17) is 15.3 Å². The SMILES string of the molecule is OC(O)(O)CS. The van der Waals surface area contributed by atoms with Gasteiger partial charge in [-0.1, -0.05) is 0 Å². The molecule has 0 aliphatic rings. The predicted molar refractivity (Wildman–Crippen MR) is 23.2 cm³/mol. The molecule has 0 saturated heterocycles. The summed E-state index contributed by atoms with van der Waals surface area (Å²) in [5.74, 6) is -2.96. The molecule has 0 radical (unpaired) electrons. The Morgan fingerprint density at radius 2 is 1.50 bits per heavy atom. The average molecular weight is 110 g/mol. The lowest BCUT2D eigenvalue weighted by atomic mass is 10.7. The van der Waals surface area contributed by atoms with Gasteiger partial charge in [-0.15, -0.1) is 0 Å². The van der Waals surface area contributed by atoms with Gasteiger partial charge in [0, 0.05) is 0 Å². The third-order valence-electron chi connectivity index (χ3n) is 0.212. The molecule has 0 unspecified atom stereocenters. The number of hydrogen-bond acceptors (Lipinski definition) is 4. The molecule has 0 saturated carbocycles. The summed E-state index contributed by atoms with van der Waals surface area (Å²) in [6.07, 6.45) is 0. The average Bonchev–Trinajstić information content (AvgIpc) is 1.35. The Hall–Kier alpha value is 0.230. The van der Waals surface area contributed by atoms with Crippen molar-refractivity contribution in [2.75, 3.05) is 5.75 Å². The monoisotopic (exact) mass is 110 g/mol. The van der Waals surface area contributed by atoms with Gasteiger partial charge >= 0.3 is 0 Å². The lowest BCUT2D eigenvalue weighted by molar-refractivity contribution is -0.293. The van der Waals surface area contributed by atoms with Gasteiger partial charge in [-0.25, -0.2) is 0 Å². The van der Waals surface area contributed by atoms with Crippen LogP contribution in [0.25, 0.3) is 0 Å². The van der Waals surface area contributed by atoms with Gasteiger partial charge in [0.1, 0.15) is 0 Å². The topological polar surface area (TPSA) is 60.7 Å². The van der Waals surface area contributed by atoms with Crippen molar-refractivity contribution < 1.29 is 15.3 Å². The van der Waals surface area contributed by atoms with Gasteiger partial charge in [-0.05, 0) is 0 Å². The van der Waals surface area contributed by atoms with Crippen molar-refractivity contribution in [3.8, 4) is 0 Å². The lowest BCUT2D eigenvalue weighted by Crippen LogP contribution is -2.28. The molecule has 0 fully saturated rings. The number of hydrogen-bond donors (Lipinski definition) is 4. The molecule has 38 valence electrons. The van der Waals surface area contributed by atoms with E-state index in [9.17, 15) is 0 Å². The molecule has 3 nitrogen and oxygen atoms in total. The number of aliphatic hydroxyl groups is 3. The Bertz CT molecular complexity index is 38.5. The summed E-state index contributed by atoms with van der Waals surface area (Å²) in [5, 5.41) is 23.6. The van der Waals surface area contributed by atoms with Crippen molar-refractivity contribution in [3.05, 3.63) is 0 Å². The molecule has 3 N–H and O–H groups in total. The Balaban J connectivity index is 3.17. The van der Waals surface area contributed by atoms with Crippen molar-refractivity contribution in [3.63, 3.8) is 0 Å².